The van der Waals surface area contributed by atoms with E-state index in [1.165, 1.54) is 10.5 Å². The molecule has 0 bridgehead atoms. The lowest BCUT2D eigenvalue weighted by molar-refractivity contribution is -0.116. The first-order valence-electron chi connectivity index (χ1n) is 5.77. The Kier molecular flexibility index (Phi) is 4.36. The number of rotatable bonds is 1. The van der Waals surface area contributed by atoms with Crippen LogP contribution in [0.1, 0.15) is 25.5 Å². The molecule has 0 radical (unpaired) electrons. The van der Waals surface area contributed by atoms with Crippen LogP contribution < -0.4 is 5.32 Å². The highest BCUT2D eigenvalue weighted by atomic mass is 79.9. The van der Waals surface area contributed by atoms with Crippen molar-refractivity contribution in [3.8, 4) is 11.8 Å². The fraction of sp³-hybridized carbons (Fsp3) is 0.357. The number of hydrogen-bond acceptors (Lipinski definition) is 2. The first kappa shape index (κ1) is 13.5. The summed E-state index contributed by atoms with van der Waals surface area (Å²) < 4.78 is 1.04. The molecular formula is C14H14BrNOS. The van der Waals surface area contributed by atoms with Gasteiger partial charge in [-0.25, -0.2) is 0 Å². The van der Waals surface area contributed by atoms with Crippen molar-refractivity contribution in [3.05, 3.63) is 28.2 Å². The monoisotopic (exact) mass is 323 g/mol. The minimum Gasteiger partial charge on any atom is -0.338 e. The highest BCUT2D eigenvalue weighted by molar-refractivity contribution is 9.10. The Hall–Kier alpha value is -0.920. The normalized spacial score (nSPS) is 21.5. The van der Waals surface area contributed by atoms with Crippen LogP contribution in [-0.4, -0.2) is 11.7 Å². The lowest BCUT2D eigenvalue weighted by atomic mass is 9.95. The maximum atomic E-state index is 11.6. The third-order valence-electron chi connectivity index (χ3n) is 2.90. The average molecular weight is 324 g/mol. The van der Waals surface area contributed by atoms with E-state index in [2.05, 4.69) is 52.1 Å². The Morgan fingerprint density at radius 2 is 2.33 bits per heavy atom. The van der Waals surface area contributed by atoms with Crippen molar-refractivity contribution < 1.29 is 4.79 Å². The van der Waals surface area contributed by atoms with Crippen LogP contribution in [0, 0.1) is 17.8 Å². The summed E-state index contributed by atoms with van der Waals surface area (Å²) in [6.45, 7) is 3.82. The van der Waals surface area contributed by atoms with E-state index in [-0.39, 0.29) is 11.9 Å². The molecule has 0 saturated carbocycles. The Bertz CT molecular complexity index is 532. The molecule has 4 heteroatoms. The zero-order valence-electron chi connectivity index (χ0n) is 10.3. The molecule has 1 N–H and O–H groups in total. The molecule has 1 aliphatic rings. The quantitative estimate of drug-likeness (QED) is 0.803. The van der Waals surface area contributed by atoms with Gasteiger partial charge in [0.25, 0.3) is 5.91 Å². The molecule has 0 saturated heterocycles. The zero-order valence-corrected chi connectivity index (χ0v) is 12.7. The molecule has 0 aromatic heterocycles. The number of halogens is 1. The maximum absolute atomic E-state index is 11.6. The minimum atomic E-state index is -0.202. The number of carbonyl (C=O) groups excluding carboxylic acids is 1. The Morgan fingerprint density at radius 3 is 3.06 bits per heavy atom. The van der Waals surface area contributed by atoms with Gasteiger partial charge in [0.05, 0.1) is 6.04 Å². The summed E-state index contributed by atoms with van der Waals surface area (Å²) in [7, 11) is 0. The summed E-state index contributed by atoms with van der Waals surface area (Å²) in [5, 5.41) is 3.01. The van der Waals surface area contributed by atoms with Crippen LogP contribution in [0.25, 0.3) is 0 Å². The van der Waals surface area contributed by atoms with Gasteiger partial charge in [0.15, 0.2) is 0 Å². The van der Waals surface area contributed by atoms with Gasteiger partial charge in [-0.2, -0.15) is 0 Å². The van der Waals surface area contributed by atoms with Gasteiger partial charge in [-0.05, 0) is 42.5 Å². The van der Waals surface area contributed by atoms with Gasteiger partial charge in [0.2, 0.25) is 0 Å². The smallest absolute Gasteiger partial charge is 0.296 e. The van der Waals surface area contributed by atoms with Gasteiger partial charge < -0.3 is 5.32 Å². The number of nitrogens with one attached hydrogen (secondary N) is 1. The molecule has 1 aliphatic heterocycles. The third kappa shape index (κ3) is 2.90. The molecular weight excluding hydrogens is 310 g/mol. The predicted molar refractivity (Wildman–Crippen MR) is 78.4 cm³/mol. The van der Waals surface area contributed by atoms with Crippen LogP contribution in [0.3, 0.4) is 0 Å². The fourth-order valence-electron chi connectivity index (χ4n) is 2.03. The Morgan fingerprint density at radius 1 is 1.56 bits per heavy atom. The van der Waals surface area contributed by atoms with Crippen LogP contribution in [-0.2, 0) is 4.79 Å². The standard InChI is InChI=1S/C14H14BrNOS/c1-3-4-13(17)16-14-9(2)8-18-12-6-5-10(15)7-11(12)14/h5-7,9,14H,8H2,1-2H3,(H,16,17)/t9-,14+/m1/s1. The van der Waals surface area contributed by atoms with E-state index in [0.717, 1.165) is 10.2 Å². The van der Waals surface area contributed by atoms with Gasteiger partial charge in [0, 0.05) is 15.1 Å². The molecule has 1 amide bonds. The summed E-state index contributed by atoms with van der Waals surface area (Å²) in [5.41, 5.74) is 1.18. The number of fused-ring (bicyclic) bond motifs is 1. The molecule has 1 heterocycles. The van der Waals surface area contributed by atoms with Crippen molar-refractivity contribution in [1.82, 2.24) is 5.32 Å². The van der Waals surface area contributed by atoms with Crippen molar-refractivity contribution in [3.63, 3.8) is 0 Å². The van der Waals surface area contributed by atoms with Gasteiger partial charge in [0.1, 0.15) is 0 Å². The van der Waals surface area contributed by atoms with Gasteiger partial charge in [-0.3, -0.25) is 4.79 Å². The second-order valence-corrected chi connectivity index (χ2v) is 6.27. The maximum Gasteiger partial charge on any atom is 0.296 e. The second kappa shape index (κ2) is 5.81. The minimum absolute atomic E-state index is 0.0482. The highest BCUT2D eigenvalue weighted by Gasteiger charge is 2.28. The number of amides is 1. The number of thioether (sulfide) groups is 1. The van der Waals surface area contributed by atoms with E-state index in [0.29, 0.717) is 5.92 Å². The van der Waals surface area contributed by atoms with Gasteiger partial charge >= 0.3 is 0 Å². The first-order valence-corrected chi connectivity index (χ1v) is 7.55. The third-order valence-corrected chi connectivity index (χ3v) is 4.77. The molecule has 2 atom stereocenters. The van der Waals surface area contributed by atoms with E-state index < -0.39 is 0 Å². The van der Waals surface area contributed by atoms with Crippen LogP contribution in [0.4, 0.5) is 0 Å². The van der Waals surface area contributed by atoms with Crippen LogP contribution >= 0.6 is 27.7 Å². The highest BCUT2D eigenvalue weighted by Crippen LogP contribution is 2.40. The topological polar surface area (TPSA) is 29.1 Å². The molecule has 94 valence electrons. The van der Waals surface area contributed by atoms with Crippen LogP contribution in [0.5, 0.6) is 0 Å². The first-order chi connectivity index (χ1) is 8.61. The molecule has 0 spiro atoms. The number of benzene rings is 1. The molecule has 0 fully saturated rings. The van der Waals surface area contributed by atoms with Crippen molar-refractivity contribution >= 4 is 33.6 Å². The summed E-state index contributed by atoms with van der Waals surface area (Å²) in [6, 6.07) is 6.27. The van der Waals surface area contributed by atoms with E-state index in [1.807, 2.05) is 17.8 Å². The fourth-order valence-corrected chi connectivity index (χ4v) is 3.56. The van der Waals surface area contributed by atoms with Crippen molar-refractivity contribution in [1.29, 1.82) is 0 Å². The molecule has 18 heavy (non-hydrogen) atoms. The van der Waals surface area contributed by atoms with E-state index in [4.69, 9.17) is 0 Å². The van der Waals surface area contributed by atoms with Crippen molar-refractivity contribution in [2.24, 2.45) is 5.92 Å². The second-order valence-electron chi connectivity index (χ2n) is 4.30. The molecule has 0 aliphatic carbocycles. The zero-order chi connectivity index (χ0) is 13.1. The molecule has 2 rings (SSSR count). The lowest BCUT2D eigenvalue weighted by Crippen LogP contribution is -2.34. The Balaban J connectivity index is 2.31. The molecule has 1 aromatic carbocycles. The number of hydrogen-bond donors (Lipinski definition) is 1. The largest absolute Gasteiger partial charge is 0.338 e. The summed E-state index contributed by atoms with van der Waals surface area (Å²) in [5.74, 6) is 6.38. The summed E-state index contributed by atoms with van der Waals surface area (Å²) in [4.78, 5) is 12.9. The Labute approximate surface area is 120 Å². The molecule has 0 unspecified atom stereocenters. The SMILES string of the molecule is CC#CC(=O)N[C@@H]1c2cc(Br)ccc2SC[C@H]1C. The lowest BCUT2D eigenvalue weighted by Gasteiger charge is -2.31. The van der Waals surface area contributed by atoms with Gasteiger partial charge in [-0.1, -0.05) is 28.8 Å². The summed E-state index contributed by atoms with van der Waals surface area (Å²) >= 11 is 5.33. The summed E-state index contributed by atoms with van der Waals surface area (Å²) in [6.07, 6.45) is 0. The van der Waals surface area contributed by atoms with Gasteiger partial charge in [-0.15, -0.1) is 11.8 Å². The van der Waals surface area contributed by atoms with E-state index in [1.54, 1.807) is 6.92 Å². The molecule has 2 nitrogen and oxygen atoms in total. The van der Waals surface area contributed by atoms with Crippen LogP contribution in [0.2, 0.25) is 0 Å². The predicted octanol–water partition coefficient (Wildman–Crippen LogP) is 3.37. The average Bonchev–Trinajstić information content (AvgIpc) is 2.33. The molecule has 1 aromatic rings. The van der Waals surface area contributed by atoms with Crippen molar-refractivity contribution in [2.75, 3.05) is 5.75 Å². The van der Waals surface area contributed by atoms with E-state index >= 15 is 0 Å². The van der Waals surface area contributed by atoms with Crippen molar-refractivity contribution in [2.45, 2.75) is 24.8 Å². The number of carbonyl (C=O) groups is 1. The van der Waals surface area contributed by atoms with E-state index in [9.17, 15) is 4.79 Å². The van der Waals surface area contributed by atoms with Crippen LogP contribution in [0.15, 0.2) is 27.6 Å².